The van der Waals surface area contributed by atoms with Gasteiger partial charge in [0, 0.05) is 20.2 Å². The first-order valence-electron chi connectivity index (χ1n) is 8.88. The summed E-state index contributed by atoms with van der Waals surface area (Å²) in [5, 5.41) is 21.8. The Morgan fingerprint density at radius 1 is 1.39 bits per heavy atom. The summed E-state index contributed by atoms with van der Waals surface area (Å²) in [6, 6.07) is 4.92. The van der Waals surface area contributed by atoms with Crippen LogP contribution in [0.15, 0.2) is 18.2 Å². The van der Waals surface area contributed by atoms with Gasteiger partial charge in [0.1, 0.15) is 16.4 Å². The third-order valence-electron chi connectivity index (χ3n) is 4.75. The Balaban J connectivity index is 1.65. The number of halogens is 2. The van der Waals surface area contributed by atoms with Gasteiger partial charge in [-0.25, -0.2) is 0 Å². The predicted octanol–water partition coefficient (Wildman–Crippen LogP) is 2.36. The predicted molar refractivity (Wildman–Crippen MR) is 107 cm³/mol. The molecule has 2 atom stereocenters. The second kappa shape index (κ2) is 8.24. The highest BCUT2D eigenvalue weighted by Gasteiger charge is 2.32. The van der Waals surface area contributed by atoms with Crippen molar-refractivity contribution in [3.05, 3.63) is 39.8 Å². The van der Waals surface area contributed by atoms with Crippen molar-refractivity contribution in [2.75, 3.05) is 25.1 Å². The lowest BCUT2D eigenvalue weighted by Crippen LogP contribution is -2.55. The maximum atomic E-state index is 12.4. The van der Waals surface area contributed by atoms with Crippen LogP contribution in [-0.4, -0.2) is 58.5 Å². The number of anilines is 1. The van der Waals surface area contributed by atoms with Crippen LogP contribution in [0.4, 0.5) is 5.82 Å². The quantitative estimate of drug-likeness (QED) is 0.676. The van der Waals surface area contributed by atoms with E-state index in [9.17, 15) is 9.90 Å². The maximum Gasteiger partial charge on any atom is 0.268 e. The molecule has 1 aliphatic heterocycles. The number of hydrogen-bond acceptors (Lipinski definition) is 6. The highest BCUT2D eigenvalue weighted by molar-refractivity contribution is 6.41. The second-order valence-corrected chi connectivity index (χ2v) is 8.05. The summed E-state index contributed by atoms with van der Waals surface area (Å²) < 4.78 is 5.59. The summed E-state index contributed by atoms with van der Waals surface area (Å²) in [5.41, 5.74) is -0.230. The third kappa shape index (κ3) is 4.57. The normalized spacial score (nSPS) is 20.3. The van der Waals surface area contributed by atoms with Crippen molar-refractivity contribution in [2.24, 2.45) is 0 Å². The summed E-state index contributed by atoms with van der Waals surface area (Å²) in [6.07, 6.45) is 0.441. The molecule has 0 aliphatic carbocycles. The van der Waals surface area contributed by atoms with Gasteiger partial charge in [0.15, 0.2) is 5.82 Å². The molecule has 0 unspecified atom stereocenters. The Kier molecular flexibility index (Phi) is 6.14. The minimum atomic E-state index is -1.04. The fourth-order valence-corrected chi connectivity index (χ4v) is 3.43. The Labute approximate surface area is 173 Å². The minimum Gasteiger partial charge on any atom is -0.384 e. The molecule has 2 aromatic heterocycles. The maximum absolute atomic E-state index is 12.4. The summed E-state index contributed by atoms with van der Waals surface area (Å²) in [6.45, 7) is 4.55. The van der Waals surface area contributed by atoms with E-state index >= 15 is 0 Å². The van der Waals surface area contributed by atoms with Crippen LogP contribution in [0, 0.1) is 0 Å². The van der Waals surface area contributed by atoms with E-state index in [0.29, 0.717) is 41.7 Å². The first-order chi connectivity index (χ1) is 13.2. The molecule has 1 fully saturated rings. The standard InChI is InChI=1S/C18H23Cl2N5O3/c1-18(2,27)14-4-5-15(24-23-14)25-7-6-11(13(9-25)28-3)22-17(26)12-8-10(19)16(20)21-12/h4-5,8,11,13,21,27H,6-7,9H2,1-3H3,(H,22,26)/t11-,13+/m1/s1. The third-order valence-corrected chi connectivity index (χ3v) is 5.44. The minimum absolute atomic E-state index is 0.168. The molecule has 0 radical (unpaired) electrons. The molecule has 28 heavy (non-hydrogen) atoms. The summed E-state index contributed by atoms with van der Waals surface area (Å²) in [5.74, 6) is 0.409. The van der Waals surface area contributed by atoms with Gasteiger partial charge in [-0.15, -0.1) is 5.10 Å². The number of aromatic nitrogens is 3. The van der Waals surface area contributed by atoms with E-state index in [2.05, 4.69) is 20.5 Å². The van der Waals surface area contributed by atoms with Gasteiger partial charge in [-0.2, -0.15) is 5.10 Å². The monoisotopic (exact) mass is 427 g/mol. The molecule has 0 aromatic carbocycles. The average molecular weight is 428 g/mol. The van der Waals surface area contributed by atoms with E-state index in [1.54, 1.807) is 27.0 Å². The van der Waals surface area contributed by atoms with Crippen LogP contribution in [0.2, 0.25) is 10.2 Å². The van der Waals surface area contributed by atoms with Crippen LogP contribution >= 0.6 is 23.2 Å². The van der Waals surface area contributed by atoms with Gasteiger partial charge in [-0.3, -0.25) is 4.79 Å². The molecule has 3 rings (SSSR count). The number of ether oxygens (including phenoxy) is 1. The number of aromatic amines is 1. The van der Waals surface area contributed by atoms with E-state index in [4.69, 9.17) is 27.9 Å². The molecule has 3 heterocycles. The van der Waals surface area contributed by atoms with Gasteiger partial charge in [0.25, 0.3) is 5.91 Å². The summed E-state index contributed by atoms with van der Waals surface area (Å²) >= 11 is 11.8. The van der Waals surface area contributed by atoms with Crippen molar-refractivity contribution in [1.29, 1.82) is 0 Å². The SMILES string of the molecule is CO[C@H]1CN(c2ccc(C(C)(C)O)nn2)CC[C@H]1NC(=O)c1cc(Cl)c(Cl)[nH]1. The van der Waals surface area contributed by atoms with Crippen LogP contribution in [0.3, 0.4) is 0 Å². The second-order valence-electron chi connectivity index (χ2n) is 7.27. The molecule has 0 saturated carbocycles. The number of carbonyl (C=O) groups is 1. The van der Waals surface area contributed by atoms with Crippen molar-refractivity contribution in [1.82, 2.24) is 20.5 Å². The number of piperidine rings is 1. The number of amides is 1. The summed E-state index contributed by atoms with van der Waals surface area (Å²) in [4.78, 5) is 17.2. The van der Waals surface area contributed by atoms with E-state index in [1.807, 2.05) is 11.0 Å². The first-order valence-corrected chi connectivity index (χ1v) is 9.64. The van der Waals surface area contributed by atoms with Crippen LogP contribution in [0.1, 0.15) is 36.5 Å². The average Bonchev–Trinajstić information content (AvgIpc) is 3.00. The zero-order valence-corrected chi connectivity index (χ0v) is 17.4. The van der Waals surface area contributed by atoms with Gasteiger partial charge in [0.2, 0.25) is 0 Å². The highest BCUT2D eigenvalue weighted by Crippen LogP contribution is 2.24. The number of hydrogen-bond donors (Lipinski definition) is 3. The van der Waals surface area contributed by atoms with Gasteiger partial charge >= 0.3 is 0 Å². The Morgan fingerprint density at radius 2 is 2.14 bits per heavy atom. The number of aliphatic hydroxyl groups is 1. The number of carbonyl (C=O) groups excluding carboxylic acids is 1. The number of nitrogens with one attached hydrogen (secondary N) is 2. The topological polar surface area (TPSA) is 103 Å². The first kappa shape index (κ1) is 20.9. The lowest BCUT2D eigenvalue weighted by atomic mass is 10.0. The largest absolute Gasteiger partial charge is 0.384 e. The fraction of sp³-hybridized carbons (Fsp3) is 0.500. The van der Waals surface area contributed by atoms with Crippen molar-refractivity contribution in [2.45, 2.75) is 38.0 Å². The molecule has 10 heteroatoms. The molecule has 2 aromatic rings. The van der Waals surface area contributed by atoms with Gasteiger partial charge < -0.3 is 25.0 Å². The molecule has 0 spiro atoms. The Bertz CT molecular complexity index is 815. The van der Waals surface area contributed by atoms with E-state index in [0.717, 1.165) is 0 Å². The molecule has 0 bridgehead atoms. The van der Waals surface area contributed by atoms with E-state index < -0.39 is 5.60 Å². The lowest BCUT2D eigenvalue weighted by molar-refractivity contribution is 0.0538. The van der Waals surface area contributed by atoms with E-state index in [1.165, 1.54) is 6.07 Å². The molecule has 1 amide bonds. The molecule has 3 N–H and O–H groups in total. The number of nitrogens with zero attached hydrogens (tertiary/aromatic N) is 3. The Morgan fingerprint density at radius 3 is 2.68 bits per heavy atom. The number of rotatable bonds is 5. The van der Waals surface area contributed by atoms with Gasteiger partial charge in [-0.05, 0) is 38.5 Å². The van der Waals surface area contributed by atoms with Gasteiger partial charge in [-0.1, -0.05) is 23.2 Å². The van der Waals surface area contributed by atoms with Crippen LogP contribution in [-0.2, 0) is 10.3 Å². The zero-order valence-electron chi connectivity index (χ0n) is 15.9. The summed E-state index contributed by atoms with van der Waals surface area (Å²) in [7, 11) is 1.61. The molecule has 152 valence electrons. The van der Waals surface area contributed by atoms with Crippen molar-refractivity contribution < 1.29 is 14.6 Å². The smallest absolute Gasteiger partial charge is 0.268 e. The van der Waals surface area contributed by atoms with Crippen LogP contribution < -0.4 is 10.2 Å². The van der Waals surface area contributed by atoms with Crippen molar-refractivity contribution >= 4 is 34.9 Å². The van der Waals surface area contributed by atoms with Gasteiger partial charge in [0.05, 0.1) is 22.9 Å². The fourth-order valence-electron chi connectivity index (χ4n) is 3.12. The van der Waals surface area contributed by atoms with Crippen LogP contribution in [0.5, 0.6) is 0 Å². The lowest BCUT2D eigenvalue weighted by Gasteiger charge is -2.38. The van der Waals surface area contributed by atoms with Crippen molar-refractivity contribution in [3.8, 4) is 0 Å². The van der Waals surface area contributed by atoms with E-state index in [-0.39, 0.29) is 23.2 Å². The highest BCUT2D eigenvalue weighted by atomic mass is 35.5. The molecule has 1 aliphatic rings. The van der Waals surface area contributed by atoms with Crippen LogP contribution in [0.25, 0.3) is 0 Å². The number of methoxy groups -OCH3 is 1. The van der Waals surface area contributed by atoms with Crippen molar-refractivity contribution in [3.63, 3.8) is 0 Å². The molecular weight excluding hydrogens is 405 g/mol. The molecule has 8 nitrogen and oxygen atoms in total. The zero-order chi connectivity index (χ0) is 20.5. The Hall–Kier alpha value is -1.87. The molecule has 1 saturated heterocycles. The number of H-pyrrole nitrogens is 1. The molecular formula is C18H23Cl2N5O3.